The number of likely N-dealkylation sites (tertiary alicyclic amines) is 1. The van der Waals surface area contributed by atoms with Crippen LogP contribution in [0, 0.1) is 6.92 Å². The number of β-amino-alcohol motifs (C(OH)–C–C–N with tert-alkyl or cyclic N) is 1. The highest BCUT2D eigenvalue weighted by atomic mass is 32.1. The molecule has 0 radical (unpaired) electrons. The molecule has 0 bridgehead atoms. The van der Waals surface area contributed by atoms with Crippen molar-refractivity contribution in [2.24, 2.45) is 0 Å². The Labute approximate surface area is 225 Å². The average Bonchev–Trinajstić information content (AvgIpc) is 3.52. The molecular formula is C26H26N4O8S. The number of aromatic nitrogens is 3. The Kier molecular flexibility index (Phi) is 6.64. The fourth-order valence-corrected chi connectivity index (χ4v) is 5.72. The summed E-state index contributed by atoms with van der Waals surface area (Å²) in [5.74, 6) is -1.12. The third-order valence-electron chi connectivity index (χ3n) is 6.80. The van der Waals surface area contributed by atoms with E-state index in [9.17, 15) is 29.4 Å². The number of carbonyl (C=O) groups excluding carboxylic acids is 1. The van der Waals surface area contributed by atoms with Gasteiger partial charge in [-0.05, 0) is 31.9 Å². The first-order valence-electron chi connectivity index (χ1n) is 12.1. The molecule has 13 heteroatoms. The number of benzene rings is 1. The maximum absolute atomic E-state index is 13.9. The summed E-state index contributed by atoms with van der Waals surface area (Å²) in [6, 6.07) is 8.78. The van der Waals surface area contributed by atoms with Crippen LogP contribution in [0.15, 0.2) is 56.8 Å². The zero-order valence-corrected chi connectivity index (χ0v) is 22.2. The number of thiophene rings is 1. The van der Waals surface area contributed by atoms with Crippen molar-refractivity contribution in [1.82, 2.24) is 19.0 Å². The average molecular weight is 555 g/mol. The first kappa shape index (κ1) is 26.4. The third-order valence-corrected chi connectivity index (χ3v) is 8.11. The fraction of sp³-hybridized carbons (Fsp3) is 0.346. The molecule has 0 spiro atoms. The monoisotopic (exact) mass is 554 g/mol. The maximum Gasteiger partial charge on any atom is 0.410 e. The summed E-state index contributed by atoms with van der Waals surface area (Å²) in [7, 11) is 0. The number of aliphatic hydroxyl groups excluding tert-OH is 1. The minimum atomic E-state index is -1.88. The van der Waals surface area contributed by atoms with Gasteiger partial charge in [-0.2, -0.15) is 0 Å². The van der Waals surface area contributed by atoms with Crippen LogP contribution in [0.4, 0.5) is 4.79 Å². The number of aliphatic hydroxyl groups is 1. The van der Waals surface area contributed by atoms with Gasteiger partial charge in [-0.1, -0.05) is 30.3 Å². The minimum Gasteiger partial charge on any atom is -0.480 e. The molecule has 204 valence electrons. The van der Waals surface area contributed by atoms with E-state index in [1.807, 2.05) is 0 Å². The molecule has 0 unspecified atom stereocenters. The molecule has 4 aromatic rings. The number of aryl methyl sites for hydroxylation is 1. The summed E-state index contributed by atoms with van der Waals surface area (Å²) in [5.41, 5.74) is -2.43. The molecule has 1 saturated heterocycles. The molecule has 1 amide bonds. The van der Waals surface area contributed by atoms with E-state index in [1.54, 1.807) is 37.3 Å². The van der Waals surface area contributed by atoms with E-state index >= 15 is 0 Å². The number of carbonyl (C=O) groups is 2. The van der Waals surface area contributed by atoms with E-state index in [2.05, 4.69) is 4.98 Å². The zero-order valence-electron chi connectivity index (χ0n) is 21.4. The number of oxazole rings is 1. The molecule has 1 aromatic carbocycles. The molecule has 4 heterocycles. The predicted molar refractivity (Wildman–Crippen MR) is 141 cm³/mol. The van der Waals surface area contributed by atoms with Crippen LogP contribution in [0.5, 0.6) is 0 Å². The van der Waals surface area contributed by atoms with Crippen LogP contribution in [0.2, 0.25) is 0 Å². The van der Waals surface area contributed by atoms with Gasteiger partial charge in [-0.3, -0.25) is 9.36 Å². The standard InChI is InChI=1S/C26H26N4O8S/c1-14-18-21(32)30(26(2,3)23(33)34)24(35)29(22(18)39-19(14)20-27-9-10-37-20)13-17(15-7-5-4-6-8-15)38-25(36)28-11-16(31)12-28/h4-10,16-17,31H,11-13H2,1-3H3,(H,33,34)/t17-/m0/s1. The molecule has 0 saturated carbocycles. The molecule has 12 nitrogen and oxygen atoms in total. The maximum atomic E-state index is 13.9. The lowest BCUT2D eigenvalue weighted by molar-refractivity contribution is -0.146. The largest absolute Gasteiger partial charge is 0.480 e. The second kappa shape index (κ2) is 9.82. The Morgan fingerprint density at radius 3 is 2.51 bits per heavy atom. The lowest BCUT2D eigenvalue weighted by atomic mass is 10.1. The van der Waals surface area contributed by atoms with Gasteiger partial charge in [-0.15, -0.1) is 11.3 Å². The van der Waals surface area contributed by atoms with Crippen LogP contribution in [0.3, 0.4) is 0 Å². The third kappa shape index (κ3) is 4.53. The lowest BCUT2D eigenvalue weighted by Crippen LogP contribution is -2.54. The van der Waals surface area contributed by atoms with Gasteiger partial charge in [0.05, 0.1) is 42.2 Å². The van der Waals surface area contributed by atoms with Crippen molar-refractivity contribution in [3.63, 3.8) is 0 Å². The van der Waals surface area contributed by atoms with Crippen LogP contribution < -0.4 is 11.2 Å². The van der Waals surface area contributed by atoms with Crippen LogP contribution in [0.25, 0.3) is 21.0 Å². The highest BCUT2D eigenvalue weighted by Crippen LogP contribution is 2.36. The zero-order chi connectivity index (χ0) is 28.1. The number of rotatable bonds is 7. The summed E-state index contributed by atoms with van der Waals surface area (Å²) in [4.78, 5) is 58.9. The van der Waals surface area contributed by atoms with Gasteiger partial charge in [0.1, 0.15) is 22.7 Å². The molecule has 0 aliphatic carbocycles. The minimum absolute atomic E-state index is 0.131. The number of fused-ring (bicyclic) bond motifs is 1. The number of carboxylic acid groups (broad SMARTS) is 1. The Hall–Kier alpha value is -4.23. The number of carboxylic acids is 1. The highest BCUT2D eigenvalue weighted by Gasteiger charge is 2.37. The van der Waals surface area contributed by atoms with Gasteiger partial charge in [0, 0.05) is 0 Å². The number of ether oxygens (including phenoxy) is 1. The number of aliphatic carboxylic acids is 1. The van der Waals surface area contributed by atoms with Crippen molar-refractivity contribution in [1.29, 1.82) is 0 Å². The van der Waals surface area contributed by atoms with Crippen molar-refractivity contribution in [2.75, 3.05) is 13.1 Å². The normalized spacial score (nSPS) is 14.8. The van der Waals surface area contributed by atoms with E-state index < -0.39 is 41.1 Å². The molecule has 39 heavy (non-hydrogen) atoms. The molecule has 1 atom stereocenters. The SMILES string of the molecule is Cc1c(-c2ncco2)sc2c1c(=O)n(C(C)(C)C(=O)O)c(=O)n2C[C@H](OC(=O)N1CC(O)C1)c1ccccc1. The molecule has 1 aliphatic heterocycles. The summed E-state index contributed by atoms with van der Waals surface area (Å²) in [6.07, 6.45) is 0.578. The van der Waals surface area contributed by atoms with E-state index in [-0.39, 0.29) is 35.7 Å². The second-order valence-electron chi connectivity index (χ2n) is 9.81. The molecule has 5 rings (SSSR count). The van der Waals surface area contributed by atoms with E-state index in [4.69, 9.17) is 9.15 Å². The van der Waals surface area contributed by atoms with Gasteiger partial charge in [0.25, 0.3) is 5.56 Å². The molecule has 3 aromatic heterocycles. The first-order valence-corrected chi connectivity index (χ1v) is 12.9. The fourth-order valence-electron chi connectivity index (χ4n) is 4.48. The van der Waals surface area contributed by atoms with Crippen LogP contribution in [-0.2, 0) is 21.6 Å². The second-order valence-corrected chi connectivity index (χ2v) is 10.8. The van der Waals surface area contributed by atoms with E-state index in [0.717, 1.165) is 11.3 Å². The number of hydrogen-bond acceptors (Lipinski definition) is 9. The smallest absolute Gasteiger partial charge is 0.410 e. The molecule has 2 N–H and O–H groups in total. The van der Waals surface area contributed by atoms with Crippen molar-refractivity contribution in [3.05, 3.63) is 74.8 Å². The number of nitrogens with zero attached hydrogens (tertiary/aromatic N) is 4. The molecule has 1 fully saturated rings. The summed E-state index contributed by atoms with van der Waals surface area (Å²) in [5, 5.41) is 19.7. The number of amides is 1. The van der Waals surface area contributed by atoms with Gasteiger partial charge in [0.15, 0.2) is 0 Å². The Balaban J connectivity index is 1.72. The van der Waals surface area contributed by atoms with Crippen molar-refractivity contribution < 1.29 is 29.0 Å². The van der Waals surface area contributed by atoms with Crippen LogP contribution in [-0.4, -0.2) is 60.5 Å². The predicted octanol–water partition coefficient (Wildman–Crippen LogP) is 2.56. The Bertz CT molecular complexity index is 1660. The highest BCUT2D eigenvalue weighted by molar-refractivity contribution is 7.22. The van der Waals surface area contributed by atoms with Gasteiger partial charge < -0.3 is 24.3 Å². The van der Waals surface area contributed by atoms with Crippen molar-refractivity contribution in [3.8, 4) is 10.8 Å². The number of hydrogen-bond donors (Lipinski definition) is 2. The lowest BCUT2D eigenvalue weighted by Gasteiger charge is -2.36. The van der Waals surface area contributed by atoms with Crippen molar-refractivity contribution in [2.45, 2.75) is 45.1 Å². The Morgan fingerprint density at radius 2 is 1.92 bits per heavy atom. The van der Waals surface area contributed by atoms with Crippen molar-refractivity contribution >= 4 is 33.6 Å². The first-order chi connectivity index (χ1) is 18.5. The van der Waals surface area contributed by atoms with Gasteiger partial charge in [-0.25, -0.2) is 23.9 Å². The van der Waals surface area contributed by atoms with Gasteiger partial charge >= 0.3 is 17.8 Å². The summed E-state index contributed by atoms with van der Waals surface area (Å²) < 4.78 is 13.2. The van der Waals surface area contributed by atoms with Gasteiger partial charge in [0.2, 0.25) is 5.89 Å². The van der Waals surface area contributed by atoms with Crippen LogP contribution >= 0.6 is 11.3 Å². The Morgan fingerprint density at radius 1 is 1.23 bits per heavy atom. The van der Waals surface area contributed by atoms with Crippen LogP contribution in [0.1, 0.15) is 31.1 Å². The van der Waals surface area contributed by atoms with E-state index in [1.165, 1.54) is 35.8 Å². The topological polar surface area (TPSA) is 157 Å². The summed E-state index contributed by atoms with van der Waals surface area (Å²) >= 11 is 1.10. The quantitative estimate of drug-likeness (QED) is 0.350. The summed E-state index contributed by atoms with van der Waals surface area (Å²) in [6.45, 7) is 4.28. The molecule has 1 aliphatic rings. The van der Waals surface area contributed by atoms with E-state index in [0.29, 0.717) is 20.6 Å². The molecular weight excluding hydrogens is 528 g/mol.